The smallest absolute Gasteiger partial charge is 0.345 e. The van der Waals surface area contributed by atoms with Crippen molar-refractivity contribution in [1.82, 2.24) is 0 Å². The highest BCUT2D eigenvalue weighted by Gasteiger charge is 2.22. The van der Waals surface area contributed by atoms with Crippen molar-refractivity contribution < 1.29 is 34.4 Å². The van der Waals surface area contributed by atoms with Crippen LogP contribution >= 0.6 is 0 Å². The van der Waals surface area contributed by atoms with Crippen LogP contribution in [0.1, 0.15) is 16.7 Å². The summed E-state index contributed by atoms with van der Waals surface area (Å²) in [6.07, 6.45) is 1.05. The third kappa shape index (κ3) is 5.50. The standard InChI is InChI=1S/C20H20O7/c1-12-3-4-14(9-16(12)22)11-18(20(24)25)27-19(23)8-6-13-5-7-15(21)17(10-13)26-2/h3-10,18,21-22H,11H2,1-2H3,(H,24,25)/b8-6+. The van der Waals surface area contributed by atoms with E-state index in [-0.39, 0.29) is 23.7 Å². The number of hydrogen-bond acceptors (Lipinski definition) is 6. The van der Waals surface area contributed by atoms with Gasteiger partial charge in [0.15, 0.2) is 11.5 Å². The number of carbonyl (C=O) groups is 2. The summed E-state index contributed by atoms with van der Waals surface area (Å²) in [5, 5.41) is 28.5. The van der Waals surface area contributed by atoms with Gasteiger partial charge in [0, 0.05) is 12.5 Å². The van der Waals surface area contributed by atoms with Gasteiger partial charge in [-0.1, -0.05) is 18.2 Å². The number of esters is 1. The number of phenols is 2. The molecular weight excluding hydrogens is 352 g/mol. The van der Waals surface area contributed by atoms with E-state index in [1.165, 1.54) is 31.4 Å². The minimum absolute atomic E-state index is 0.0375. The number of rotatable bonds is 7. The van der Waals surface area contributed by atoms with Crippen LogP contribution in [0.3, 0.4) is 0 Å². The molecule has 27 heavy (non-hydrogen) atoms. The fourth-order valence-electron chi connectivity index (χ4n) is 2.32. The summed E-state index contributed by atoms with van der Waals surface area (Å²) >= 11 is 0. The summed E-state index contributed by atoms with van der Waals surface area (Å²) in [6, 6.07) is 9.25. The van der Waals surface area contributed by atoms with E-state index in [4.69, 9.17) is 9.47 Å². The lowest BCUT2D eigenvalue weighted by atomic mass is 10.1. The number of aliphatic carboxylic acids is 1. The topological polar surface area (TPSA) is 113 Å². The lowest BCUT2D eigenvalue weighted by Crippen LogP contribution is -2.28. The van der Waals surface area contributed by atoms with Gasteiger partial charge in [-0.15, -0.1) is 0 Å². The number of aromatic hydroxyl groups is 2. The zero-order valence-electron chi connectivity index (χ0n) is 14.9. The highest BCUT2D eigenvalue weighted by atomic mass is 16.6. The van der Waals surface area contributed by atoms with Crippen molar-refractivity contribution in [3.8, 4) is 17.2 Å². The predicted molar refractivity (Wildman–Crippen MR) is 97.8 cm³/mol. The Morgan fingerprint density at radius 1 is 1.11 bits per heavy atom. The van der Waals surface area contributed by atoms with Gasteiger partial charge in [0.1, 0.15) is 5.75 Å². The quantitative estimate of drug-likeness (QED) is 0.506. The number of aryl methyl sites for hydroxylation is 1. The van der Waals surface area contributed by atoms with E-state index >= 15 is 0 Å². The zero-order valence-corrected chi connectivity index (χ0v) is 14.9. The van der Waals surface area contributed by atoms with Gasteiger partial charge >= 0.3 is 11.9 Å². The number of benzene rings is 2. The Bertz CT molecular complexity index is 871. The Kier molecular flexibility index (Phi) is 6.43. The van der Waals surface area contributed by atoms with Crippen LogP contribution in [-0.2, 0) is 20.7 Å². The number of carboxylic acid groups (broad SMARTS) is 1. The molecule has 1 unspecified atom stereocenters. The molecule has 0 aliphatic heterocycles. The molecule has 0 saturated carbocycles. The van der Waals surface area contributed by atoms with Crippen LogP contribution in [0.25, 0.3) is 6.08 Å². The van der Waals surface area contributed by atoms with Gasteiger partial charge in [-0.05, 0) is 47.9 Å². The molecule has 0 bridgehead atoms. The maximum Gasteiger partial charge on any atom is 0.345 e. The normalized spacial score (nSPS) is 11.9. The SMILES string of the molecule is COc1cc(/C=C/C(=O)OC(Cc2ccc(C)c(O)c2)C(=O)O)ccc1O. The van der Waals surface area contributed by atoms with Gasteiger partial charge in [-0.2, -0.15) is 0 Å². The Hall–Kier alpha value is -3.48. The molecule has 2 rings (SSSR count). The van der Waals surface area contributed by atoms with E-state index in [0.717, 1.165) is 6.08 Å². The van der Waals surface area contributed by atoms with Gasteiger partial charge in [-0.25, -0.2) is 9.59 Å². The lowest BCUT2D eigenvalue weighted by molar-refractivity contribution is -0.160. The maximum atomic E-state index is 12.0. The van der Waals surface area contributed by atoms with Gasteiger partial charge in [0.2, 0.25) is 6.10 Å². The molecule has 0 aromatic heterocycles. The number of phenolic OH excluding ortho intramolecular Hbond substituents is 2. The first-order chi connectivity index (χ1) is 12.8. The lowest BCUT2D eigenvalue weighted by Gasteiger charge is -2.13. The third-order valence-corrected chi connectivity index (χ3v) is 3.84. The summed E-state index contributed by atoms with van der Waals surface area (Å²) < 4.78 is 9.98. The second kappa shape index (κ2) is 8.75. The Balaban J connectivity index is 2.06. The molecule has 1 atom stereocenters. The summed E-state index contributed by atoms with van der Waals surface area (Å²) in [5.41, 5.74) is 1.76. The number of carbonyl (C=O) groups excluding carboxylic acids is 1. The van der Waals surface area contributed by atoms with Gasteiger partial charge in [0.05, 0.1) is 7.11 Å². The molecule has 7 heteroatoms. The molecule has 142 valence electrons. The van der Waals surface area contributed by atoms with Gasteiger partial charge < -0.3 is 24.8 Å². The first-order valence-electron chi connectivity index (χ1n) is 8.07. The molecule has 0 saturated heterocycles. The largest absolute Gasteiger partial charge is 0.508 e. The number of hydrogen-bond donors (Lipinski definition) is 3. The van der Waals surface area contributed by atoms with E-state index in [1.807, 2.05) is 0 Å². The van der Waals surface area contributed by atoms with Gasteiger partial charge in [0.25, 0.3) is 0 Å². The van der Waals surface area contributed by atoms with Crippen molar-refractivity contribution in [3.05, 3.63) is 59.2 Å². The van der Waals surface area contributed by atoms with E-state index in [1.54, 1.807) is 25.1 Å². The van der Waals surface area contributed by atoms with E-state index in [2.05, 4.69) is 0 Å². The second-order valence-electron chi connectivity index (χ2n) is 5.85. The van der Waals surface area contributed by atoms with Crippen molar-refractivity contribution in [2.24, 2.45) is 0 Å². The summed E-state index contributed by atoms with van der Waals surface area (Å²) in [5.74, 6) is -1.87. The summed E-state index contributed by atoms with van der Waals surface area (Å²) in [4.78, 5) is 23.3. The second-order valence-corrected chi connectivity index (χ2v) is 5.85. The van der Waals surface area contributed by atoms with Crippen LogP contribution in [0.15, 0.2) is 42.5 Å². The number of ether oxygens (including phenoxy) is 2. The fourth-order valence-corrected chi connectivity index (χ4v) is 2.32. The molecule has 7 nitrogen and oxygen atoms in total. The number of methoxy groups -OCH3 is 1. The van der Waals surface area contributed by atoms with Crippen LogP contribution in [0.4, 0.5) is 0 Å². The fraction of sp³-hybridized carbons (Fsp3) is 0.200. The predicted octanol–water partition coefficient (Wildman–Crippen LogP) is 2.67. The molecule has 0 fully saturated rings. The van der Waals surface area contributed by atoms with Crippen LogP contribution in [0.2, 0.25) is 0 Å². The van der Waals surface area contributed by atoms with Crippen molar-refractivity contribution in [3.63, 3.8) is 0 Å². The molecule has 0 aliphatic carbocycles. The average Bonchev–Trinajstić information content (AvgIpc) is 2.63. The molecule has 2 aromatic carbocycles. The Morgan fingerprint density at radius 3 is 2.48 bits per heavy atom. The molecule has 0 aliphatic rings. The minimum Gasteiger partial charge on any atom is -0.508 e. The van der Waals surface area contributed by atoms with Crippen molar-refractivity contribution in [1.29, 1.82) is 0 Å². The highest BCUT2D eigenvalue weighted by molar-refractivity contribution is 5.89. The molecule has 0 radical (unpaired) electrons. The van der Waals surface area contributed by atoms with E-state index < -0.39 is 18.0 Å². The van der Waals surface area contributed by atoms with Gasteiger partial charge in [-0.3, -0.25) is 0 Å². The van der Waals surface area contributed by atoms with Crippen LogP contribution in [0.5, 0.6) is 17.2 Å². The third-order valence-electron chi connectivity index (χ3n) is 3.84. The van der Waals surface area contributed by atoms with Crippen molar-refractivity contribution >= 4 is 18.0 Å². The summed E-state index contributed by atoms with van der Waals surface area (Å²) in [6.45, 7) is 1.72. The van der Waals surface area contributed by atoms with E-state index in [9.17, 15) is 24.9 Å². The van der Waals surface area contributed by atoms with Crippen LogP contribution in [-0.4, -0.2) is 40.5 Å². The highest BCUT2D eigenvalue weighted by Crippen LogP contribution is 2.26. The Labute approximate surface area is 156 Å². The first-order valence-corrected chi connectivity index (χ1v) is 8.07. The first kappa shape index (κ1) is 19.8. The van der Waals surface area contributed by atoms with E-state index in [0.29, 0.717) is 16.7 Å². The molecule has 3 N–H and O–H groups in total. The molecule has 0 amide bonds. The van der Waals surface area contributed by atoms with Crippen LogP contribution < -0.4 is 4.74 Å². The molecular formula is C20H20O7. The van der Waals surface area contributed by atoms with Crippen molar-refractivity contribution in [2.75, 3.05) is 7.11 Å². The maximum absolute atomic E-state index is 12.0. The monoisotopic (exact) mass is 372 g/mol. The molecule has 2 aromatic rings. The Morgan fingerprint density at radius 2 is 1.85 bits per heavy atom. The van der Waals surface area contributed by atoms with Crippen LogP contribution in [0, 0.1) is 6.92 Å². The molecule has 0 heterocycles. The minimum atomic E-state index is -1.39. The molecule has 0 spiro atoms. The number of carboxylic acids is 1. The average molecular weight is 372 g/mol. The van der Waals surface area contributed by atoms with Crippen molar-refractivity contribution in [2.45, 2.75) is 19.4 Å². The zero-order chi connectivity index (χ0) is 20.0. The summed E-state index contributed by atoms with van der Waals surface area (Å²) in [7, 11) is 1.40.